The van der Waals surface area contributed by atoms with Crippen LogP contribution in [0.25, 0.3) is 11.4 Å². The number of halogens is 1. The molecule has 0 radical (unpaired) electrons. The number of rotatable bonds is 3. The first kappa shape index (κ1) is 17.4. The van der Waals surface area contributed by atoms with Gasteiger partial charge in [0.05, 0.1) is 5.56 Å². The molecule has 1 fully saturated rings. The Morgan fingerprint density at radius 1 is 1.08 bits per heavy atom. The van der Waals surface area contributed by atoms with Crippen molar-refractivity contribution in [2.45, 2.75) is 39.0 Å². The maximum absolute atomic E-state index is 13.0. The summed E-state index contributed by atoms with van der Waals surface area (Å²) in [7, 11) is 0. The summed E-state index contributed by atoms with van der Waals surface area (Å²) in [6, 6.07) is 6.19. The molecule has 0 amide bonds. The van der Waals surface area contributed by atoms with Crippen molar-refractivity contribution >= 4 is 0 Å². The van der Waals surface area contributed by atoms with Gasteiger partial charge in [0.15, 0.2) is 5.82 Å². The van der Waals surface area contributed by atoms with E-state index in [0.717, 1.165) is 23.5 Å². The second-order valence-corrected chi connectivity index (χ2v) is 6.52. The van der Waals surface area contributed by atoms with Crippen LogP contribution in [0.5, 0.6) is 0 Å². The second kappa shape index (κ2) is 8.58. The lowest BCUT2D eigenvalue weighted by Gasteiger charge is -2.23. The fraction of sp³-hybridized carbons (Fsp3) is 0.364. The molecular formula is C22H23FN2. The zero-order valence-electron chi connectivity index (χ0n) is 14.6. The van der Waals surface area contributed by atoms with Gasteiger partial charge in [0.2, 0.25) is 0 Å². The predicted octanol–water partition coefficient (Wildman–Crippen LogP) is 5.41. The summed E-state index contributed by atoms with van der Waals surface area (Å²) in [6.07, 6.45) is 14.0. The Hall–Kier alpha value is -2.47. The summed E-state index contributed by atoms with van der Waals surface area (Å²) < 4.78 is 13.0. The average Bonchev–Trinajstić information content (AvgIpc) is 2.67. The van der Waals surface area contributed by atoms with E-state index in [9.17, 15) is 4.39 Å². The Balaban J connectivity index is 1.58. The molecule has 0 unspecified atom stereocenters. The van der Waals surface area contributed by atoms with Crippen molar-refractivity contribution in [2.75, 3.05) is 0 Å². The van der Waals surface area contributed by atoms with Crippen LogP contribution in [-0.4, -0.2) is 9.97 Å². The fourth-order valence-electron chi connectivity index (χ4n) is 3.11. The van der Waals surface area contributed by atoms with E-state index in [0.29, 0.717) is 11.7 Å². The van der Waals surface area contributed by atoms with Gasteiger partial charge in [-0.05, 0) is 62.3 Å². The number of allylic oxidation sites excluding steroid dienone is 2. The van der Waals surface area contributed by atoms with Crippen molar-refractivity contribution in [3.63, 3.8) is 0 Å². The number of nitrogens with zero attached hydrogens (tertiary/aromatic N) is 2. The highest BCUT2D eigenvalue weighted by molar-refractivity contribution is 5.54. The van der Waals surface area contributed by atoms with Crippen LogP contribution in [0.2, 0.25) is 0 Å². The van der Waals surface area contributed by atoms with Gasteiger partial charge in [-0.2, -0.15) is 0 Å². The first-order chi connectivity index (χ1) is 12.2. The van der Waals surface area contributed by atoms with Crippen molar-refractivity contribution in [1.82, 2.24) is 9.97 Å². The Morgan fingerprint density at radius 3 is 2.40 bits per heavy atom. The molecule has 3 rings (SSSR count). The van der Waals surface area contributed by atoms with Gasteiger partial charge >= 0.3 is 0 Å². The van der Waals surface area contributed by atoms with E-state index in [4.69, 9.17) is 0 Å². The topological polar surface area (TPSA) is 25.8 Å². The van der Waals surface area contributed by atoms with Gasteiger partial charge in [-0.3, -0.25) is 0 Å². The van der Waals surface area contributed by atoms with Gasteiger partial charge in [0, 0.05) is 23.9 Å². The minimum atomic E-state index is -0.258. The molecule has 0 N–H and O–H groups in total. The first-order valence-corrected chi connectivity index (χ1v) is 9.01. The molecule has 1 aliphatic rings. The van der Waals surface area contributed by atoms with Crippen LogP contribution in [0, 0.1) is 29.5 Å². The van der Waals surface area contributed by atoms with E-state index < -0.39 is 0 Å². The van der Waals surface area contributed by atoms with Crippen LogP contribution >= 0.6 is 0 Å². The van der Waals surface area contributed by atoms with Gasteiger partial charge in [0.25, 0.3) is 0 Å². The molecule has 1 aromatic heterocycles. The zero-order chi connectivity index (χ0) is 17.5. The highest BCUT2D eigenvalue weighted by atomic mass is 19.1. The molecule has 2 aromatic rings. The summed E-state index contributed by atoms with van der Waals surface area (Å²) >= 11 is 0. The summed E-state index contributed by atoms with van der Waals surface area (Å²) in [4.78, 5) is 8.69. The Morgan fingerprint density at radius 2 is 1.76 bits per heavy atom. The molecule has 25 heavy (non-hydrogen) atoms. The van der Waals surface area contributed by atoms with E-state index >= 15 is 0 Å². The molecule has 1 heterocycles. The van der Waals surface area contributed by atoms with Gasteiger partial charge in [-0.25, -0.2) is 14.4 Å². The molecule has 1 aromatic carbocycles. The van der Waals surface area contributed by atoms with Crippen LogP contribution in [0.1, 0.15) is 44.6 Å². The van der Waals surface area contributed by atoms with Crippen LogP contribution in [0.4, 0.5) is 4.39 Å². The maximum Gasteiger partial charge on any atom is 0.159 e. The van der Waals surface area contributed by atoms with E-state index in [1.807, 2.05) is 0 Å². The molecule has 0 spiro atoms. The largest absolute Gasteiger partial charge is 0.235 e. The molecule has 1 saturated carbocycles. The van der Waals surface area contributed by atoms with Crippen molar-refractivity contribution < 1.29 is 4.39 Å². The van der Waals surface area contributed by atoms with E-state index in [1.165, 1.54) is 37.8 Å². The van der Waals surface area contributed by atoms with E-state index in [1.54, 1.807) is 24.5 Å². The maximum atomic E-state index is 13.0. The summed E-state index contributed by atoms with van der Waals surface area (Å²) in [6.45, 7) is 2.18. The summed E-state index contributed by atoms with van der Waals surface area (Å²) in [5.74, 6) is 8.13. The standard InChI is InChI=1S/C22H23FN2/c1-2-3-4-17-5-7-18(8-6-17)9-10-19-15-24-22(25-16-19)20-11-13-21(23)14-12-20/h3-4,11-18H,2,5-8H2,1H3/t17-,18-. The van der Waals surface area contributed by atoms with Gasteiger partial charge in [0.1, 0.15) is 5.82 Å². The van der Waals surface area contributed by atoms with Crippen molar-refractivity contribution in [1.29, 1.82) is 0 Å². The minimum absolute atomic E-state index is 0.258. The Kier molecular flexibility index (Phi) is 5.95. The Labute approximate surface area is 149 Å². The van der Waals surface area contributed by atoms with Crippen molar-refractivity contribution in [2.24, 2.45) is 11.8 Å². The first-order valence-electron chi connectivity index (χ1n) is 9.01. The lowest BCUT2D eigenvalue weighted by molar-refractivity contribution is 0.364. The smallest absolute Gasteiger partial charge is 0.159 e. The minimum Gasteiger partial charge on any atom is -0.235 e. The number of hydrogen-bond acceptors (Lipinski definition) is 2. The van der Waals surface area contributed by atoms with Crippen molar-refractivity contribution in [3.8, 4) is 23.2 Å². The third-order valence-corrected chi connectivity index (χ3v) is 4.59. The summed E-state index contributed by atoms with van der Waals surface area (Å²) in [5.41, 5.74) is 1.64. The molecular weight excluding hydrogens is 311 g/mol. The molecule has 0 aliphatic heterocycles. The normalized spacial score (nSPS) is 20.2. The molecule has 0 bridgehead atoms. The molecule has 2 nitrogen and oxygen atoms in total. The molecule has 128 valence electrons. The Bertz CT molecular complexity index is 758. The van der Waals surface area contributed by atoms with Crippen LogP contribution in [0.3, 0.4) is 0 Å². The van der Waals surface area contributed by atoms with E-state index in [-0.39, 0.29) is 5.82 Å². The highest BCUT2D eigenvalue weighted by Crippen LogP contribution is 2.29. The zero-order valence-corrected chi connectivity index (χ0v) is 14.6. The van der Waals surface area contributed by atoms with Crippen LogP contribution in [0.15, 0.2) is 48.8 Å². The monoisotopic (exact) mass is 334 g/mol. The third-order valence-electron chi connectivity index (χ3n) is 4.59. The number of hydrogen-bond donors (Lipinski definition) is 0. The van der Waals surface area contributed by atoms with Crippen molar-refractivity contribution in [3.05, 3.63) is 60.2 Å². The number of benzene rings is 1. The molecule has 1 aliphatic carbocycles. The lowest BCUT2D eigenvalue weighted by Crippen LogP contribution is -2.11. The predicted molar refractivity (Wildman–Crippen MR) is 99.2 cm³/mol. The fourth-order valence-corrected chi connectivity index (χ4v) is 3.11. The van der Waals surface area contributed by atoms with Gasteiger partial charge in [-0.1, -0.05) is 30.9 Å². The summed E-state index contributed by atoms with van der Waals surface area (Å²) in [5, 5.41) is 0. The molecule has 0 atom stereocenters. The average molecular weight is 334 g/mol. The quantitative estimate of drug-likeness (QED) is 0.554. The second-order valence-electron chi connectivity index (χ2n) is 6.52. The SMILES string of the molecule is CCC=C[C@H]1CC[C@H](C#Cc2cnc(-c3ccc(F)cc3)nc2)CC1. The lowest BCUT2D eigenvalue weighted by atomic mass is 9.82. The highest BCUT2D eigenvalue weighted by Gasteiger charge is 2.17. The number of aromatic nitrogens is 2. The molecule has 3 heteroatoms. The van der Waals surface area contributed by atoms with E-state index in [2.05, 4.69) is 40.9 Å². The van der Waals surface area contributed by atoms with Crippen LogP contribution in [-0.2, 0) is 0 Å². The van der Waals surface area contributed by atoms with Gasteiger partial charge in [-0.15, -0.1) is 0 Å². The van der Waals surface area contributed by atoms with Gasteiger partial charge < -0.3 is 0 Å². The van der Waals surface area contributed by atoms with Crippen LogP contribution < -0.4 is 0 Å². The third kappa shape index (κ3) is 5.00. The molecule has 0 saturated heterocycles.